The molecule has 5 nitrogen and oxygen atoms in total. The third-order valence-electron chi connectivity index (χ3n) is 3.77. The van der Waals surface area contributed by atoms with Crippen molar-refractivity contribution >= 4 is 51.9 Å². The molecule has 1 heterocycles. The number of hydrogen-bond acceptors (Lipinski definition) is 5. The maximum absolute atomic E-state index is 13.2. The second-order valence-electron chi connectivity index (χ2n) is 5.70. The van der Waals surface area contributed by atoms with E-state index in [0.29, 0.717) is 20.5 Å². The average Bonchev–Trinajstić information content (AvgIpc) is 2.88. The van der Waals surface area contributed by atoms with E-state index in [-0.39, 0.29) is 30.5 Å². The van der Waals surface area contributed by atoms with Gasteiger partial charge in [0.25, 0.3) is 5.91 Å². The number of rotatable bonds is 5. The molecule has 0 saturated carbocycles. The smallest absolute Gasteiger partial charge is 0.266 e. The van der Waals surface area contributed by atoms with Crippen molar-refractivity contribution in [1.82, 2.24) is 4.90 Å². The van der Waals surface area contributed by atoms with E-state index in [1.807, 2.05) is 0 Å². The molecule has 0 bridgehead atoms. The van der Waals surface area contributed by atoms with Crippen LogP contribution in [0.4, 0.5) is 10.1 Å². The molecule has 0 atom stereocenters. The molecule has 1 aliphatic heterocycles. The minimum absolute atomic E-state index is 0.0207. The zero-order chi connectivity index (χ0) is 19.4. The molecule has 0 aliphatic carbocycles. The van der Waals surface area contributed by atoms with Crippen molar-refractivity contribution in [3.8, 4) is 5.75 Å². The number of thioether (sulfide) groups is 1. The van der Waals surface area contributed by atoms with E-state index in [1.54, 1.807) is 30.3 Å². The van der Waals surface area contributed by atoms with E-state index in [4.69, 9.17) is 12.2 Å². The number of carbonyl (C=O) groups excluding carboxylic acids is 2. The van der Waals surface area contributed by atoms with Gasteiger partial charge in [-0.15, -0.1) is 0 Å². The number of aromatic hydroxyl groups is 1. The first-order valence-corrected chi connectivity index (χ1v) is 9.25. The summed E-state index contributed by atoms with van der Waals surface area (Å²) in [5.41, 5.74) is 0.867. The molecule has 1 saturated heterocycles. The van der Waals surface area contributed by atoms with Gasteiger partial charge in [-0.05, 0) is 30.3 Å². The molecule has 2 aromatic rings. The van der Waals surface area contributed by atoms with Gasteiger partial charge in [0.05, 0.1) is 4.91 Å². The highest BCUT2D eigenvalue weighted by Crippen LogP contribution is 2.34. The molecule has 138 valence electrons. The summed E-state index contributed by atoms with van der Waals surface area (Å²) >= 11 is 6.35. The lowest BCUT2D eigenvalue weighted by atomic mass is 10.2. The normalized spacial score (nSPS) is 15.4. The van der Waals surface area contributed by atoms with Gasteiger partial charge in [-0.1, -0.05) is 48.2 Å². The molecule has 2 amide bonds. The van der Waals surface area contributed by atoms with Gasteiger partial charge in [0.2, 0.25) is 5.91 Å². The van der Waals surface area contributed by atoms with Crippen molar-refractivity contribution < 1.29 is 19.1 Å². The Kier molecular flexibility index (Phi) is 5.88. The largest absolute Gasteiger partial charge is 0.507 e. The summed E-state index contributed by atoms with van der Waals surface area (Å²) in [5.74, 6) is -1.04. The fourth-order valence-electron chi connectivity index (χ4n) is 2.45. The maximum Gasteiger partial charge on any atom is 0.266 e. The van der Waals surface area contributed by atoms with Crippen LogP contribution >= 0.6 is 24.0 Å². The molecule has 8 heteroatoms. The summed E-state index contributed by atoms with van der Waals surface area (Å²) < 4.78 is 13.5. The van der Waals surface area contributed by atoms with E-state index in [1.165, 1.54) is 29.2 Å². The molecular weight excluding hydrogens is 387 g/mol. The van der Waals surface area contributed by atoms with Gasteiger partial charge in [-0.2, -0.15) is 0 Å². The molecule has 0 radical (unpaired) electrons. The van der Waals surface area contributed by atoms with Crippen molar-refractivity contribution in [1.29, 1.82) is 0 Å². The third-order valence-corrected chi connectivity index (χ3v) is 5.15. The van der Waals surface area contributed by atoms with Crippen molar-refractivity contribution in [2.75, 3.05) is 11.9 Å². The Hall–Kier alpha value is -2.71. The Morgan fingerprint density at radius 2 is 2.04 bits per heavy atom. The van der Waals surface area contributed by atoms with Crippen molar-refractivity contribution in [2.45, 2.75) is 6.42 Å². The summed E-state index contributed by atoms with van der Waals surface area (Å²) in [5, 5.41) is 12.4. The van der Waals surface area contributed by atoms with Crippen molar-refractivity contribution in [2.24, 2.45) is 0 Å². The predicted molar refractivity (Wildman–Crippen MR) is 108 cm³/mol. The van der Waals surface area contributed by atoms with Crippen molar-refractivity contribution in [3.63, 3.8) is 0 Å². The number of carbonyl (C=O) groups is 2. The Bertz CT molecular complexity index is 946. The van der Waals surface area contributed by atoms with Crippen LogP contribution in [0.5, 0.6) is 5.75 Å². The summed E-state index contributed by atoms with van der Waals surface area (Å²) in [7, 11) is 0. The highest BCUT2D eigenvalue weighted by Gasteiger charge is 2.32. The van der Waals surface area contributed by atoms with Crippen LogP contribution in [-0.2, 0) is 9.59 Å². The molecule has 27 heavy (non-hydrogen) atoms. The van der Waals surface area contributed by atoms with Gasteiger partial charge in [-0.3, -0.25) is 14.5 Å². The number of hydrogen-bond donors (Lipinski definition) is 2. The van der Waals surface area contributed by atoms with E-state index in [9.17, 15) is 19.1 Å². The lowest BCUT2D eigenvalue weighted by Gasteiger charge is -2.14. The number of benzene rings is 2. The second-order valence-corrected chi connectivity index (χ2v) is 7.38. The minimum Gasteiger partial charge on any atom is -0.507 e. The van der Waals surface area contributed by atoms with Gasteiger partial charge in [0, 0.05) is 24.2 Å². The van der Waals surface area contributed by atoms with Crippen LogP contribution in [0.1, 0.15) is 12.0 Å². The highest BCUT2D eigenvalue weighted by molar-refractivity contribution is 8.26. The van der Waals surface area contributed by atoms with E-state index in [2.05, 4.69) is 5.32 Å². The number of amides is 2. The van der Waals surface area contributed by atoms with Gasteiger partial charge in [0.1, 0.15) is 15.9 Å². The lowest BCUT2D eigenvalue weighted by Crippen LogP contribution is -2.31. The number of nitrogens with zero attached hydrogens (tertiary/aromatic N) is 1. The first-order valence-electron chi connectivity index (χ1n) is 8.03. The van der Waals surface area contributed by atoms with Crippen LogP contribution < -0.4 is 5.32 Å². The monoisotopic (exact) mass is 402 g/mol. The van der Waals surface area contributed by atoms with Crippen LogP contribution in [0.25, 0.3) is 6.08 Å². The van der Waals surface area contributed by atoms with Crippen LogP contribution in [0, 0.1) is 5.82 Å². The molecule has 3 rings (SSSR count). The molecular formula is C19H15FN2O3S2. The van der Waals surface area contributed by atoms with Crippen LogP contribution in [0.3, 0.4) is 0 Å². The van der Waals surface area contributed by atoms with E-state index >= 15 is 0 Å². The zero-order valence-corrected chi connectivity index (χ0v) is 15.6. The number of thiocarbonyl (C=S) groups is 1. The molecule has 0 unspecified atom stereocenters. The number of halogens is 1. The summed E-state index contributed by atoms with van der Waals surface area (Å²) in [6.07, 6.45) is 1.59. The molecule has 2 N–H and O–H groups in total. The lowest BCUT2D eigenvalue weighted by molar-refractivity contribution is -0.122. The van der Waals surface area contributed by atoms with Gasteiger partial charge >= 0.3 is 0 Å². The molecule has 0 aromatic heterocycles. The Morgan fingerprint density at radius 3 is 2.78 bits per heavy atom. The van der Waals surface area contributed by atoms with Crippen LogP contribution in [0.2, 0.25) is 0 Å². The maximum atomic E-state index is 13.2. The number of para-hydroxylation sites is 1. The topological polar surface area (TPSA) is 69.6 Å². The summed E-state index contributed by atoms with van der Waals surface area (Å²) in [4.78, 5) is 26.3. The van der Waals surface area contributed by atoms with Crippen molar-refractivity contribution in [3.05, 3.63) is 64.8 Å². The predicted octanol–water partition coefficient (Wildman–Crippen LogP) is 3.76. The minimum atomic E-state index is -0.445. The average molecular weight is 402 g/mol. The second kappa shape index (κ2) is 8.32. The van der Waals surface area contributed by atoms with E-state index in [0.717, 1.165) is 11.8 Å². The molecule has 1 fully saturated rings. The van der Waals surface area contributed by atoms with Crippen LogP contribution in [-0.4, -0.2) is 32.7 Å². The Morgan fingerprint density at radius 1 is 1.26 bits per heavy atom. The first-order chi connectivity index (χ1) is 12.9. The number of nitrogens with one attached hydrogen (secondary N) is 1. The van der Waals surface area contributed by atoms with Gasteiger partial charge < -0.3 is 10.4 Å². The number of phenolic OH excluding ortho intramolecular Hbond substituents is 1. The SMILES string of the molecule is O=C(CCN1C(=O)/C(=C/c2ccccc2O)SC1=S)Nc1cccc(F)c1. The Labute approximate surface area is 164 Å². The van der Waals surface area contributed by atoms with Gasteiger partial charge in [-0.25, -0.2) is 4.39 Å². The Balaban J connectivity index is 1.62. The highest BCUT2D eigenvalue weighted by atomic mass is 32.2. The standard InChI is InChI=1S/C19H15FN2O3S2/c20-13-5-3-6-14(11-13)21-17(24)8-9-22-18(25)16(27-19(22)26)10-12-4-1-2-7-15(12)23/h1-7,10-11,23H,8-9H2,(H,21,24)/b16-10-. The fraction of sp³-hybridized carbons (Fsp3) is 0.105. The summed E-state index contributed by atoms with van der Waals surface area (Å²) in [6, 6.07) is 12.2. The number of anilines is 1. The fourth-order valence-corrected chi connectivity index (χ4v) is 3.75. The quantitative estimate of drug-likeness (QED) is 0.589. The molecule has 0 spiro atoms. The third kappa shape index (κ3) is 4.72. The zero-order valence-electron chi connectivity index (χ0n) is 14.0. The summed E-state index contributed by atoms with van der Waals surface area (Å²) in [6.45, 7) is 0.115. The van der Waals surface area contributed by atoms with Crippen LogP contribution in [0.15, 0.2) is 53.4 Å². The molecule has 2 aromatic carbocycles. The first kappa shape index (κ1) is 19.1. The molecule has 1 aliphatic rings. The van der Waals surface area contributed by atoms with Gasteiger partial charge in [0.15, 0.2) is 0 Å². The van der Waals surface area contributed by atoms with E-state index < -0.39 is 5.82 Å². The number of phenols is 1.